The number of H-pyrrole nitrogens is 1. The predicted molar refractivity (Wildman–Crippen MR) is 49.9 cm³/mol. The first-order chi connectivity index (χ1) is 6.83. The van der Waals surface area contributed by atoms with Gasteiger partial charge in [-0.05, 0) is 12.1 Å². The van der Waals surface area contributed by atoms with Gasteiger partial charge in [-0.1, -0.05) is 0 Å². The number of nitrogens with zero attached hydrogens (tertiary/aromatic N) is 2. The smallest absolute Gasteiger partial charge is 0.416 e. The maximum absolute atomic E-state index is 10.9. The van der Waals surface area contributed by atoms with E-state index in [0.717, 1.165) is 16.4 Å². The molecule has 14 heavy (non-hydrogen) atoms. The van der Waals surface area contributed by atoms with Gasteiger partial charge in [-0.3, -0.25) is 4.98 Å². The summed E-state index contributed by atoms with van der Waals surface area (Å²) in [6.07, 6.45) is 2.89. The standard InChI is InChI=1S/C9H5N3O2/c13-9-12-6-2-8-7(10-4-11-8)1-5(6)3-14-9/h1-4H,(H,12,13). The summed E-state index contributed by atoms with van der Waals surface area (Å²) < 4.78 is 4.71. The van der Waals surface area contributed by atoms with E-state index in [2.05, 4.69) is 15.0 Å². The van der Waals surface area contributed by atoms with E-state index < -0.39 is 5.76 Å². The SMILES string of the molecule is O=c1[nH]c2cc3ncnc3cc2co1. The molecule has 0 saturated carbocycles. The van der Waals surface area contributed by atoms with E-state index in [-0.39, 0.29) is 0 Å². The molecular weight excluding hydrogens is 182 g/mol. The lowest BCUT2D eigenvalue weighted by molar-refractivity contribution is 0.493. The highest BCUT2D eigenvalue weighted by atomic mass is 16.4. The Balaban J connectivity index is 2.56. The minimum Gasteiger partial charge on any atom is -0.417 e. The van der Waals surface area contributed by atoms with Gasteiger partial charge >= 0.3 is 5.76 Å². The molecule has 3 rings (SSSR count). The van der Waals surface area contributed by atoms with Crippen LogP contribution in [0.15, 0.2) is 33.9 Å². The zero-order valence-corrected chi connectivity index (χ0v) is 7.02. The summed E-state index contributed by atoms with van der Waals surface area (Å²) >= 11 is 0. The summed E-state index contributed by atoms with van der Waals surface area (Å²) in [5, 5.41) is 0.803. The summed E-state index contributed by atoms with van der Waals surface area (Å²) in [6.45, 7) is 0. The van der Waals surface area contributed by atoms with Crippen LogP contribution in [0.1, 0.15) is 0 Å². The van der Waals surface area contributed by atoms with Crippen molar-refractivity contribution in [2.75, 3.05) is 0 Å². The first-order valence-electron chi connectivity index (χ1n) is 4.05. The highest BCUT2D eigenvalue weighted by molar-refractivity contribution is 5.91. The van der Waals surface area contributed by atoms with Crippen LogP contribution >= 0.6 is 0 Å². The highest BCUT2D eigenvalue weighted by Crippen LogP contribution is 2.16. The van der Waals surface area contributed by atoms with Crippen molar-refractivity contribution in [3.05, 3.63) is 35.3 Å². The Morgan fingerprint density at radius 1 is 1.21 bits per heavy atom. The molecule has 5 heteroatoms. The normalized spacial score (nSPS) is 11.1. The summed E-state index contributed by atoms with van der Waals surface area (Å²) in [5.41, 5.74) is 2.26. The highest BCUT2D eigenvalue weighted by Gasteiger charge is 2.01. The second-order valence-corrected chi connectivity index (χ2v) is 2.95. The quantitative estimate of drug-likeness (QED) is 0.571. The van der Waals surface area contributed by atoms with Crippen LogP contribution in [-0.2, 0) is 0 Å². The maximum Gasteiger partial charge on any atom is 0.416 e. The van der Waals surface area contributed by atoms with Gasteiger partial charge in [0.15, 0.2) is 0 Å². The number of imidazole rings is 1. The number of nitrogens with one attached hydrogen (secondary N) is 1. The lowest BCUT2D eigenvalue weighted by Gasteiger charge is -1.94. The fourth-order valence-electron chi connectivity index (χ4n) is 1.42. The van der Waals surface area contributed by atoms with Gasteiger partial charge in [0, 0.05) is 5.39 Å². The second-order valence-electron chi connectivity index (χ2n) is 2.95. The number of hydrogen-bond donors (Lipinski definition) is 1. The molecule has 1 aromatic carbocycles. The fourth-order valence-corrected chi connectivity index (χ4v) is 1.42. The molecule has 68 valence electrons. The number of rotatable bonds is 0. The Morgan fingerprint density at radius 2 is 2.00 bits per heavy atom. The molecule has 0 amide bonds. The van der Waals surface area contributed by atoms with Gasteiger partial charge in [-0.25, -0.2) is 14.8 Å². The van der Waals surface area contributed by atoms with Gasteiger partial charge in [0.2, 0.25) is 0 Å². The van der Waals surface area contributed by atoms with Crippen molar-refractivity contribution in [2.24, 2.45) is 0 Å². The molecule has 0 aliphatic carbocycles. The Morgan fingerprint density at radius 3 is 2.86 bits per heavy atom. The van der Waals surface area contributed by atoms with Crippen molar-refractivity contribution in [1.29, 1.82) is 0 Å². The molecule has 0 aliphatic rings. The zero-order valence-electron chi connectivity index (χ0n) is 7.02. The largest absolute Gasteiger partial charge is 0.417 e. The first-order valence-corrected chi connectivity index (χ1v) is 4.05. The number of aromatic amines is 1. The Bertz CT molecular complexity index is 668. The average molecular weight is 187 g/mol. The maximum atomic E-state index is 10.9. The van der Waals surface area contributed by atoms with E-state index in [1.165, 1.54) is 12.6 Å². The summed E-state index contributed by atoms with van der Waals surface area (Å²) in [7, 11) is 0. The van der Waals surface area contributed by atoms with Gasteiger partial charge in [0.05, 0.1) is 16.6 Å². The molecule has 3 aromatic rings. The third-order valence-corrected chi connectivity index (χ3v) is 2.07. The molecule has 0 aliphatic heterocycles. The van der Waals surface area contributed by atoms with Crippen LogP contribution in [0.3, 0.4) is 0 Å². The van der Waals surface area contributed by atoms with Crippen LogP contribution in [0.25, 0.3) is 21.9 Å². The van der Waals surface area contributed by atoms with Crippen molar-refractivity contribution in [3.63, 3.8) is 0 Å². The molecule has 0 radical (unpaired) electrons. The fraction of sp³-hybridized carbons (Fsp3) is 0. The van der Waals surface area contributed by atoms with E-state index in [4.69, 9.17) is 4.42 Å². The average Bonchev–Trinajstić information content (AvgIpc) is 2.61. The molecule has 2 aromatic heterocycles. The van der Waals surface area contributed by atoms with E-state index in [9.17, 15) is 4.79 Å². The van der Waals surface area contributed by atoms with Crippen molar-refractivity contribution in [1.82, 2.24) is 15.0 Å². The number of benzene rings is 1. The topological polar surface area (TPSA) is 71.8 Å². The van der Waals surface area contributed by atoms with Crippen molar-refractivity contribution in [2.45, 2.75) is 0 Å². The third-order valence-electron chi connectivity index (χ3n) is 2.07. The van der Waals surface area contributed by atoms with Crippen LogP contribution in [0.2, 0.25) is 0 Å². The summed E-state index contributed by atoms with van der Waals surface area (Å²) in [5.74, 6) is -0.476. The molecule has 0 spiro atoms. The first kappa shape index (κ1) is 7.25. The van der Waals surface area contributed by atoms with Gasteiger partial charge < -0.3 is 4.42 Å². The minimum absolute atomic E-state index is 0.476. The van der Waals surface area contributed by atoms with Crippen molar-refractivity contribution >= 4 is 21.9 Å². The van der Waals surface area contributed by atoms with Crippen LogP contribution < -0.4 is 5.76 Å². The number of fused-ring (bicyclic) bond motifs is 2. The summed E-state index contributed by atoms with van der Waals surface area (Å²) in [4.78, 5) is 21.6. The zero-order chi connectivity index (χ0) is 9.54. The Labute approximate surface area is 77.4 Å². The van der Waals surface area contributed by atoms with E-state index in [1.807, 2.05) is 6.07 Å². The van der Waals surface area contributed by atoms with Gasteiger partial charge in [-0.2, -0.15) is 0 Å². The minimum atomic E-state index is -0.476. The molecule has 5 nitrogen and oxygen atoms in total. The predicted octanol–water partition coefficient (Wildman–Crippen LogP) is 1.06. The molecule has 1 N–H and O–H groups in total. The van der Waals surface area contributed by atoms with Crippen molar-refractivity contribution in [3.8, 4) is 0 Å². The Hall–Kier alpha value is -2.17. The molecule has 0 bridgehead atoms. The number of aromatic nitrogens is 3. The van der Waals surface area contributed by atoms with E-state index in [1.54, 1.807) is 6.07 Å². The van der Waals surface area contributed by atoms with Gasteiger partial charge in [0.25, 0.3) is 0 Å². The molecular formula is C9H5N3O2. The lowest BCUT2D eigenvalue weighted by atomic mass is 10.2. The van der Waals surface area contributed by atoms with Crippen LogP contribution in [0, 0.1) is 0 Å². The molecule has 0 fully saturated rings. The monoisotopic (exact) mass is 187 g/mol. The van der Waals surface area contributed by atoms with E-state index in [0.29, 0.717) is 5.52 Å². The third kappa shape index (κ3) is 0.922. The van der Waals surface area contributed by atoms with Crippen molar-refractivity contribution < 1.29 is 4.42 Å². The van der Waals surface area contributed by atoms with Crippen LogP contribution in [0.5, 0.6) is 0 Å². The molecule has 2 heterocycles. The summed E-state index contributed by atoms with van der Waals surface area (Å²) in [6, 6.07) is 3.59. The van der Waals surface area contributed by atoms with E-state index >= 15 is 0 Å². The van der Waals surface area contributed by atoms with Gasteiger partial charge in [-0.15, -0.1) is 0 Å². The molecule has 0 saturated heterocycles. The second kappa shape index (κ2) is 2.41. The van der Waals surface area contributed by atoms with Gasteiger partial charge in [0.1, 0.15) is 12.6 Å². The lowest BCUT2D eigenvalue weighted by Crippen LogP contribution is -2.01. The molecule has 0 atom stereocenters. The Kier molecular flexibility index (Phi) is 1.25. The van der Waals surface area contributed by atoms with Crippen LogP contribution in [-0.4, -0.2) is 15.0 Å². The molecule has 0 unspecified atom stereocenters. The number of hydrogen-bond acceptors (Lipinski definition) is 4. The van der Waals surface area contributed by atoms with Crippen LogP contribution in [0.4, 0.5) is 0 Å².